The summed E-state index contributed by atoms with van der Waals surface area (Å²) >= 11 is 3.38. The summed E-state index contributed by atoms with van der Waals surface area (Å²) in [7, 11) is 0. The molecule has 1 heterocycles. The predicted molar refractivity (Wildman–Crippen MR) is 84.9 cm³/mol. The van der Waals surface area contributed by atoms with E-state index in [4.69, 9.17) is 0 Å². The fraction of sp³-hybridized carbons (Fsp3) is 0.615. The van der Waals surface area contributed by atoms with Gasteiger partial charge in [-0.3, -0.25) is 4.79 Å². The van der Waals surface area contributed by atoms with Gasteiger partial charge in [-0.2, -0.15) is 4.98 Å². The fourth-order valence-corrected chi connectivity index (χ4v) is 1.77. The van der Waals surface area contributed by atoms with Crippen molar-refractivity contribution in [3.05, 3.63) is 10.7 Å². The van der Waals surface area contributed by atoms with Crippen LogP contribution in [0.15, 0.2) is 10.7 Å². The number of carbonyl (C=O) groups excluding carboxylic acids is 1. The monoisotopic (exact) mass is 343 g/mol. The van der Waals surface area contributed by atoms with E-state index >= 15 is 0 Å². The molecular formula is C13H22BrN5O. The Morgan fingerprint density at radius 2 is 2.15 bits per heavy atom. The number of amides is 1. The molecular weight excluding hydrogens is 322 g/mol. The van der Waals surface area contributed by atoms with Gasteiger partial charge in [-0.15, -0.1) is 0 Å². The maximum Gasteiger partial charge on any atom is 0.224 e. The molecule has 20 heavy (non-hydrogen) atoms. The van der Waals surface area contributed by atoms with E-state index in [2.05, 4.69) is 55.7 Å². The SMILES string of the molecule is CCNc1ncc(Br)c(NCCC(=O)NCC(C)C)n1. The minimum absolute atomic E-state index is 0.0447. The van der Waals surface area contributed by atoms with Gasteiger partial charge in [0, 0.05) is 32.3 Å². The zero-order valence-electron chi connectivity index (χ0n) is 12.2. The van der Waals surface area contributed by atoms with Gasteiger partial charge in [0.15, 0.2) is 0 Å². The molecule has 1 rings (SSSR count). The highest BCUT2D eigenvalue weighted by molar-refractivity contribution is 9.10. The highest BCUT2D eigenvalue weighted by Crippen LogP contribution is 2.19. The lowest BCUT2D eigenvalue weighted by atomic mass is 10.2. The van der Waals surface area contributed by atoms with Gasteiger partial charge in [0.05, 0.1) is 4.47 Å². The van der Waals surface area contributed by atoms with Crippen LogP contribution in [0.25, 0.3) is 0 Å². The number of nitrogens with one attached hydrogen (secondary N) is 3. The van der Waals surface area contributed by atoms with Crippen LogP contribution in [0.5, 0.6) is 0 Å². The summed E-state index contributed by atoms with van der Waals surface area (Å²) in [5.41, 5.74) is 0. The summed E-state index contributed by atoms with van der Waals surface area (Å²) < 4.78 is 0.779. The van der Waals surface area contributed by atoms with Crippen molar-refractivity contribution in [3.63, 3.8) is 0 Å². The number of hydrogen-bond acceptors (Lipinski definition) is 5. The lowest BCUT2D eigenvalue weighted by Crippen LogP contribution is -2.28. The van der Waals surface area contributed by atoms with Gasteiger partial charge in [-0.05, 0) is 28.8 Å². The van der Waals surface area contributed by atoms with E-state index in [0.29, 0.717) is 37.2 Å². The average molecular weight is 344 g/mol. The summed E-state index contributed by atoms with van der Waals surface area (Å²) in [5, 5.41) is 9.06. The molecule has 0 aliphatic heterocycles. The van der Waals surface area contributed by atoms with Gasteiger partial charge in [-0.1, -0.05) is 13.8 Å². The highest BCUT2D eigenvalue weighted by Gasteiger charge is 2.06. The molecule has 1 aromatic heterocycles. The molecule has 0 atom stereocenters. The minimum atomic E-state index is 0.0447. The van der Waals surface area contributed by atoms with E-state index in [1.807, 2.05) is 6.92 Å². The topological polar surface area (TPSA) is 78.9 Å². The Morgan fingerprint density at radius 1 is 1.40 bits per heavy atom. The number of aromatic nitrogens is 2. The van der Waals surface area contributed by atoms with Crippen LogP contribution in [0, 0.1) is 5.92 Å². The molecule has 112 valence electrons. The number of rotatable bonds is 8. The van der Waals surface area contributed by atoms with Crippen molar-refractivity contribution < 1.29 is 4.79 Å². The van der Waals surface area contributed by atoms with Crippen molar-refractivity contribution in [2.24, 2.45) is 5.92 Å². The summed E-state index contributed by atoms with van der Waals surface area (Å²) in [4.78, 5) is 20.0. The van der Waals surface area contributed by atoms with E-state index in [9.17, 15) is 4.79 Å². The second-order valence-electron chi connectivity index (χ2n) is 4.80. The molecule has 0 aromatic carbocycles. The van der Waals surface area contributed by atoms with Crippen LogP contribution in [-0.2, 0) is 4.79 Å². The first kappa shape index (κ1) is 16.7. The molecule has 0 radical (unpaired) electrons. The predicted octanol–water partition coefficient (Wildman–Crippen LogP) is 2.25. The smallest absolute Gasteiger partial charge is 0.224 e. The van der Waals surface area contributed by atoms with Crippen molar-refractivity contribution >= 4 is 33.6 Å². The molecule has 6 nitrogen and oxygen atoms in total. The third-order valence-electron chi connectivity index (χ3n) is 2.43. The normalized spacial score (nSPS) is 10.4. The van der Waals surface area contributed by atoms with E-state index in [0.717, 1.165) is 11.0 Å². The standard InChI is InChI=1S/C13H22BrN5O/c1-4-15-13-18-8-10(14)12(19-13)16-6-5-11(20)17-7-9(2)3/h8-9H,4-7H2,1-3H3,(H,17,20)(H2,15,16,18,19). The van der Waals surface area contributed by atoms with E-state index in [1.54, 1.807) is 6.20 Å². The first-order valence-corrected chi connectivity index (χ1v) is 7.59. The average Bonchev–Trinajstić information content (AvgIpc) is 2.40. The number of hydrogen-bond donors (Lipinski definition) is 3. The largest absolute Gasteiger partial charge is 0.368 e. The maximum absolute atomic E-state index is 11.6. The van der Waals surface area contributed by atoms with Crippen LogP contribution in [0.3, 0.4) is 0 Å². The van der Waals surface area contributed by atoms with Gasteiger partial charge in [0.25, 0.3) is 0 Å². The Morgan fingerprint density at radius 3 is 2.80 bits per heavy atom. The van der Waals surface area contributed by atoms with Crippen molar-refractivity contribution in [2.45, 2.75) is 27.2 Å². The van der Waals surface area contributed by atoms with Gasteiger partial charge in [-0.25, -0.2) is 4.98 Å². The van der Waals surface area contributed by atoms with Crippen LogP contribution in [-0.4, -0.2) is 35.5 Å². The molecule has 3 N–H and O–H groups in total. The molecule has 0 aliphatic rings. The van der Waals surface area contributed by atoms with Gasteiger partial charge >= 0.3 is 0 Å². The van der Waals surface area contributed by atoms with Crippen LogP contribution in [0.1, 0.15) is 27.2 Å². The van der Waals surface area contributed by atoms with Crippen LogP contribution < -0.4 is 16.0 Å². The molecule has 1 aromatic rings. The first-order chi connectivity index (χ1) is 9.52. The van der Waals surface area contributed by atoms with E-state index in [1.165, 1.54) is 0 Å². The molecule has 0 spiro atoms. The van der Waals surface area contributed by atoms with E-state index in [-0.39, 0.29) is 5.91 Å². The summed E-state index contributed by atoms with van der Waals surface area (Å²) in [6, 6.07) is 0. The molecule has 7 heteroatoms. The molecule has 1 amide bonds. The van der Waals surface area contributed by atoms with Gasteiger partial charge in [0.2, 0.25) is 11.9 Å². The Bertz CT molecular complexity index is 439. The van der Waals surface area contributed by atoms with Crippen LogP contribution >= 0.6 is 15.9 Å². The number of anilines is 2. The highest BCUT2D eigenvalue weighted by atomic mass is 79.9. The van der Waals surface area contributed by atoms with Crippen molar-refractivity contribution in [1.29, 1.82) is 0 Å². The minimum Gasteiger partial charge on any atom is -0.368 e. The molecule has 0 saturated heterocycles. The Kier molecular flexibility index (Phi) is 7.28. The fourth-order valence-electron chi connectivity index (χ4n) is 1.44. The zero-order chi connectivity index (χ0) is 15.0. The Labute approximate surface area is 128 Å². The molecule has 0 fully saturated rings. The summed E-state index contributed by atoms with van der Waals surface area (Å²) in [6.45, 7) is 8.12. The van der Waals surface area contributed by atoms with Gasteiger partial charge < -0.3 is 16.0 Å². The molecule has 0 aliphatic carbocycles. The Balaban J connectivity index is 2.41. The third kappa shape index (κ3) is 6.18. The molecule has 0 unspecified atom stereocenters. The third-order valence-corrected chi connectivity index (χ3v) is 3.01. The number of nitrogens with zero attached hydrogens (tertiary/aromatic N) is 2. The maximum atomic E-state index is 11.6. The van der Waals surface area contributed by atoms with Crippen molar-refractivity contribution in [2.75, 3.05) is 30.3 Å². The summed E-state index contributed by atoms with van der Waals surface area (Å²) in [5.74, 6) is 1.77. The second kappa shape index (κ2) is 8.73. The summed E-state index contributed by atoms with van der Waals surface area (Å²) in [6.07, 6.45) is 2.10. The zero-order valence-corrected chi connectivity index (χ0v) is 13.7. The number of carbonyl (C=O) groups is 1. The van der Waals surface area contributed by atoms with Gasteiger partial charge in [0.1, 0.15) is 5.82 Å². The van der Waals surface area contributed by atoms with Crippen LogP contribution in [0.4, 0.5) is 11.8 Å². The lowest BCUT2D eigenvalue weighted by Gasteiger charge is -2.10. The molecule has 0 saturated carbocycles. The molecule has 0 bridgehead atoms. The van der Waals surface area contributed by atoms with Crippen LogP contribution in [0.2, 0.25) is 0 Å². The van der Waals surface area contributed by atoms with Crippen molar-refractivity contribution in [3.8, 4) is 0 Å². The second-order valence-corrected chi connectivity index (χ2v) is 5.65. The quantitative estimate of drug-likeness (QED) is 0.674. The van der Waals surface area contributed by atoms with E-state index < -0.39 is 0 Å². The first-order valence-electron chi connectivity index (χ1n) is 6.80. The Hall–Kier alpha value is -1.37. The van der Waals surface area contributed by atoms with Crippen molar-refractivity contribution in [1.82, 2.24) is 15.3 Å². The number of halogens is 1. The lowest BCUT2D eigenvalue weighted by molar-refractivity contribution is -0.120.